The highest BCUT2D eigenvalue weighted by molar-refractivity contribution is 7.98. The number of hydrogen-bond donors (Lipinski definition) is 0. The van der Waals surface area contributed by atoms with Crippen LogP contribution in [0.25, 0.3) is 0 Å². The van der Waals surface area contributed by atoms with Gasteiger partial charge in [0.25, 0.3) is 0 Å². The Labute approximate surface area is 115 Å². The number of ether oxygens (including phenoxy) is 1. The van der Waals surface area contributed by atoms with Gasteiger partial charge in [-0.25, -0.2) is 4.39 Å². The molecule has 19 heavy (non-hydrogen) atoms. The summed E-state index contributed by atoms with van der Waals surface area (Å²) in [5.41, 5.74) is 1.01. The Balaban J connectivity index is 2.12. The molecule has 2 nitrogen and oxygen atoms in total. The molecule has 0 aliphatic rings. The third-order valence-corrected chi connectivity index (χ3v) is 3.65. The van der Waals surface area contributed by atoms with Gasteiger partial charge in [0.2, 0.25) is 0 Å². The Hall–Kier alpha value is -1.99. The highest BCUT2D eigenvalue weighted by Gasteiger charge is 2.05. The second-order valence-electron chi connectivity index (χ2n) is 3.89. The Morgan fingerprint density at radius 3 is 2.84 bits per heavy atom. The summed E-state index contributed by atoms with van der Waals surface area (Å²) in [7, 11) is 1.61. The molecule has 0 aliphatic carbocycles. The maximum absolute atomic E-state index is 13.6. The minimum absolute atomic E-state index is 0.283. The molecular formula is C15H12FNOS. The van der Waals surface area contributed by atoms with Gasteiger partial charge >= 0.3 is 0 Å². The number of benzene rings is 2. The predicted molar refractivity (Wildman–Crippen MR) is 73.7 cm³/mol. The molecule has 0 spiro atoms. The molecular weight excluding hydrogens is 261 g/mol. The molecule has 2 aromatic rings. The summed E-state index contributed by atoms with van der Waals surface area (Å²) in [5.74, 6) is 0.972. The van der Waals surface area contributed by atoms with Crippen LogP contribution in [0.5, 0.6) is 5.75 Å². The minimum atomic E-state index is -0.283. The van der Waals surface area contributed by atoms with Crippen molar-refractivity contribution >= 4 is 11.8 Å². The van der Waals surface area contributed by atoms with Gasteiger partial charge in [-0.1, -0.05) is 6.07 Å². The molecule has 0 saturated heterocycles. The van der Waals surface area contributed by atoms with Crippen molar-refractivity contribution in [2.45, 2.75) is 10.6 Å². The molecule has 0 heterocycles. The van der Waals surface area contributed by atoms with Gasteiger partial charge < -0.3 is 4.74 Å². The monoisotopic (exact) mass is 273 g/mol. The second kappa shape index (κ2) is 6.26. The van der Waals surface area contributed by atoms with Gasteiger partial charge in [-0.3, -0.25) is 0 Å². The third kappa shape index (κ3) is 3.49. The molecule has 0 N–H and O–H groups in total. The van der Waals surface area contributed by atoms with Gasteiger partial charge in [0, 0.05) is 10.6 Å². The van der Waals surface area contributed by atoms with Crippen LogP contribution in [-0.4, -0.2) is 7.11 Å². The fourth-order valence-corrected chi connectivity index (χ4v) is 2.52. The lowest BCUT2D eigenvalue weighted by molar-refractivity contribution is 0.413. The van der Waals surface area contributed by atoms with E-state index in [1.54, 1.807) is 13.2 Å². The Morgan fingerprint density at radius 2 is 2.11 bits per heavy atom. The van der Waals surface area contributed by atoms with Gasteiger partial charge in [-0.05, 0) is 42.0 Å². The largest absolute Gasteiger partial charge is 0.497 e. The standard InChI is InChI=1S/C15H12FNOS/c1-18-13-3-2-4-14(8-13)19-10-12-7-11(9-17)5-6-15(12)16/h2-8H,10H2,1H3. The molecule has 0 fully saturated rings. The lowest BCUT2D eigenvalue weighted by Crippen LogP contribution is -1.89. The van der Waals surface area contributed by atoms with Crippen LogP contribution in [0, 0.1) is 17.1 Å². The van der Waals surface area contributed by atoms with Crippen molar-refractivity contribution in [3.63, 3.8) is 0 Å². The molecule has 0 aliphatic heterocycles. The van der Waals surface area contributed by atoms with Crippen LogP contribution >= 0.6 is 11.8 Å². The zero-order chi connectivity index (χ0) is 13.7. The van der Waals surface area contributed by atoms with Crippen molar-refractivity contribution in [3.05, 3.63) is 59.4 Å². The van der Waals surface area contributed by atoms with Crippen LogP contribution in [-0.2, 0) is 5.75 Å². The predicted octanol–water partition coefficient (Wildman–Crippen LogP) is 4.00. The fourth-order valence-electron chi connectivity index (χ4n) is 1.61. The van der Waals surface area contributed by atoms with E-state index in [1.807, 2.05) is 30.3 Å². The summed E-state index contributed by atoms with van der Waals surface area (Å²) >= 11 is 1.51. The lowest BCUT2D eigenvalue weighted by Gasteiger charge is -2.05. The Bertz CT molecular complexity index is 622. The van der Waals surface area contributed by atoms with E-state index in [1.165, 1.54) is 23.9 Å². The molecule has 4 heteroatoms. The number of hydrogen-bond acceptors (Lipinski definition) is 3. The van der Waals surface area contributed by atoms with Crippen molar-refractivity contribution in [2.24, 2.45) is 0 Å². The Kier molecular flexibility index (Phi) is 4.43. The average Bonchev–Trinajstić information content (AvgIpc) is 2.46. The highest BCUT2D eigenvalue weighted by Crippen LogP contribution is 2.27. The maximum Gasteiger partial charge on any atom is 0.127 e. The number of halogens is 1. The van der Waals surface area contributed by atoms with Crippen molar-refractivity contribution in [2.75, 3.05) is 7.11 Å². The van der Waals surface area contributed by atoms with Crippen molar-refractivity contribution in [3.8, 4) is 11.8 Å². The maximum atomic E-state index is 13.6. The number of nitriles is 1. The van der Waals surface area contributed by atoms with E-state index in [4.69, 9.17) is 10.00 Å². The number of rotatable bonds is 4. The van der Waals surface area contributed by atoms with Crippen LogP contribution in [0.2, 0.25) is 0 Å². The van der Waals surface area contributed by atoms with Crippen LogP contribution < -0.4 is 4.74 Å². The number of thioether (sulfide) groups is 1. The third-order valence-electron chi connectivity index (χ3n) is 2.61. The zero-order valence-corrected chi connectivity index (χ0v) is 11.2. The first-order valence-corrected chi connectivity index (χ1v) is 6.67. The average molecular weight is 273 g/mol. The van der Waals surface area contributed by atoms with E-state index in [0.29, 0.717) is 16.9 Å². The van der Waals surface area contributed by atoms with Gasteiger partial charge in [0.1, 0.15) is 11.6 Å². The Morgan fingerprint density at radius 1 is 1.26 bits per heavy atom. The lowest BCUT2D eigenvalue weighted by atomic mass is 10.1. The molecule has 0 atom stereocenters. The first-order chi connectivity index (χ1) is 9.22. The molecule has 0 unspecified atom stereocenters. The number of nitrogens with zero attached hydrogens (tertiary/aromatic N) is 1. The topological polar surface area (TPSA) is 33.0 Å². The molecule has 0 amide bonds. The summed E-state index contributed by atoms with van der Waals surface area (Å²) in [6.07, 6.45) is 0. The summed E-state index contributed by atoms with van der Waals surface area (Å²) in [6, 6.07) is 14.0. The highest BCUT2D eigenvalue weighted by atomic mass is 32.2. The van der Waals surface area contributed by atoms with Crippen LogP contribution in [0.4, 0.5) is 4.39 Å². The van der Waals surface area contributed by atoms with Gasteiger partial charge in [-0.15, -0.1) is 11.8 Å². The van der Waals surface area contributed by atoms with Gasteiger partial charge in [0.15, 0.2) is 0 Å². The molecule has 2 aromatic carbocycles. The van der Waals surface area contributed by atoms with Crippen LogP contribution in [0.3, 0.4) is 0 Å². The van der Waals surface area contributed by atoms with Crippen molar-refractivity contribution in [1.29, 1.82) is 5.26 Å². The molecule has 0 bridgehead atoms. The summed E-state index contributed by atoms with van der Waals surface area (Å²) in [5, 5.41) is 8.81. The van der Waals surface area contributed by atoms with E-state index in [0.717, 1.165) is 10.6 Å². The van der Waals surface area contributed by atoms with Crippen molar-refractivity contribution < 1.29 is 9.13 Å². The quantitative estimate of drug-likeness (QED) is 0.789. The zero-order valence-electron chi connectivity index (χ0n) is 10.4. The molecule has 2 rings (SSSR count). The molecule has 96 valence electrons. The smallest absolute Gasteiger partial charge is 0.127 e. The van der Waals surface area contributed by atoms with E-state index in [2.05, 4.69) is 0 Å². The molecule has 0 aromatic heterocycles. The number of methoxy groups -OCH3 is 1. The van der Waals surface area contributed by atoms with E-state index < -0.39 is 0 Å². The summed E-state index contributed by atoms with van der Waals surface area (Å²) < 4.78 is 18.7. The van der Waals surface area contributed by atoms with Gasteiger partial charge in [0.05, 0.1) is 18.7 Å². The van der Waals surface area contributed by atoms with Crippen LogP contribution in [0.15, 0.2) is 47.4 Å². The first kappa shape index (κ1) is 13.4. The normalized spacial score (nSPS) is 9.95. The summed E-state index contributed by atoms with van der Waals surface area (Å²) in [4.78, 5) is 1.00. The van der Waals surface area contributed by atoms with Gasteiger partial charge in [-0.2, -0.15) is 5.26 Å². The fraction of sp³-hybridized carbons (Fsp3) is 0.133. The summed E-state index contributed by atoms with van der Waals surface area (Å²) in [6.45, 7) is 0. The SMILES string of the molecule is COc1cccc(SCc2cc(C#N)ccc2F)c1. The first-order valence-electron chi connectivity index (χ1n) is 5.68. The minimum Gasteiger partial charge on any atom is -0.497 e. The van der Waals surface area contributed by atoms with Crippen molar-refractivity contribution in [1.82, 2.24) is 0 Å². The van der Waals surface area contributed by atoms with Crippen LogP contribution in [0.1, 0.15) is 11.1 Å². The molecule has 0 saturated carbocycles. The second-order valence-corrected chi connectivity index (χ2v) is 4.93. The van der Waals surface area contributed by atoms with E-state index in [9.17, 15) is 4.39 Å². The van der Waals surface area contributed by atoms with E-state index >= 15 is 0 Å². The molecule has 0 radical (unpaired) electrons. The van der Waals surface area contributed by atoms with E-state index in [-0.39, 0.29) is 5.82 Å².